The molecule has 0 heterocycles. The molecule has 0 atom stereocenters. The molecular formula is C52H81N6O3+. The number of nitrogens with zero attached hydrogens (tertiary/aromatic N) is 3. The third-order valence-electron chi connectivity index (χ3n) is 11.4. The average molecular weight is 838 g/mol. The molecule has 3 aromatic rings. The number of hydrazine groups is 1. The van der Waals surface area contributed by atoms with E-state index < -0.39 is 0 Å². The SMILES string of the molecule is CCCCCCCCCCc1ccc(O)c(/C=N\N=C(N/N=C\c2cc(CCCCCCCCCC)ccc2O)N/[NH+]=C\c2cc(CCCCCCCCCC)ccc2O)c1. The Morgan fingerprint density at radius 3 is 1.26 bits per heavy atom. The van der Waals surface area contributed by atoms with Crippen LogP contribution in [0.1, 0.15) is 208 Å². The Bertz CT molecular complexity index is 1650. The van der Waals surface area contributed by atoms with Crippen molar-refractivity contribution < 1.29 is 20.4 Å². The second kappa shape index (κ2) is 33.0. The van der Waals surface area contributed by atoms with E-state index in [1.165, 1.54) is 147 Å². The zero-order valence-corrected chi connectivity index (χ0v) is 38.2. The van der Waals surface area contributed by atoms with Gasteiger partial charge in [0.25, 0.3) is 5.96 Å². The molecule has 0 radical (unpaired) electrons. The van der Waals surface area contributed by atoms with Crippen molar-refractivity contribution in [2.75, 3.05) is 0 Å². The molecule has 9 nitrogen and oxygen atoms in total. The summed E-state index contributed by atoms with van der Waals surface area (Å²) < 4.78 is 0. The number of rotatable bonds is 33. The van der Waals surface area contributed by atoms with Gasteiger partial charge in [0.15, 0.2) is 0 Å². The lowest BCUT2D eigenvalue weighted by atomic mass is 10.0. The Hall–Kier alpha value is -4.66. The molecule has 0 unspecified atom stereocenters. The molecule has 3 rings (SSSR count). The Balaban J connectivity index is 1.67. The van der Waals surface area contributed by atoms with Gasteiger partial charge < -0.3 is 15.3 Å². The van der Waals surface area contributed by atoms with Gasteiger partial charge in [0.1, 0.15) is 17.2 Å². The fraction of sp³-hybridized carbons (Fsp3) is 0.577. The maximum atomic E-state index is 10.6. The minimum Gasteiger partial charge on any atom is -0.507 e. The topological polar surface area (TPSA) is 136 Å². The number of hydrogen-bond donors (Lipinski definition) is 6. The Morgan fingerprint density at radius 2 is 0.836 bits per heavy atom. The first-order valence-electron chi connectivity index (χ1n) is 24.1. The van der Waals surface area contributed by atoms with E-state index in [4.69, 9.17) is 0 Å². The summed E-state index contributed by atoms with van der Waals surface area (Å²) in [6, 6.07) is 17.0. The van der Waals surface area contributed by atoms with Crippen LogP contribution in [0.2, 0.25) is 0 Å². The third-order valence-corrected chi connectivity index (χ3v) is 11.4. The first-order valence-corrected chi connectivity index (χ1v) is 24.1. The van der Waals surface area contributed by atoms with Crippen LogP contribution in [-0.2, 0) is 19.3 Å². The van der Waals surface area contributed by atoms with Crippen molar-refractivity contribution in [3.63, 3.8) is 0 Å². The van der Waals surface area contributed by atoms with Gasteiger partial charge in [0.05, 0.1) is 18.0 Å². The molecule has 6 N–H and O–H groups in total. The zero-order valence-electron chi connectivity index (χ0n) is 38.2. The summed E-state index contributed by atoms with van der Waals surface area (Å²) in [6.07, 6.45) is 38.1. The fourth-order valence-corrected chi connectivity index (χ4v) is 7.56. The van der Waals surface area contributed by atoms with Crippen LogP contribution >= 0.6 is 0 Å². The summed E-state index contributed by atoms with van der Waals surface area (Å²) in [5.41, 5.74) is 11.2. The van der Waals surface area contributed by atoms with Crippen LogP contribution in [0.3, 0.4) is 0 Å². The van der Waals surface area contributed by atoms with Gasteiger partial charge in [-0.2, -0.15) is 10.2 Å². The monoisotopic (exact) mass is 838 g/mol. The number of benzene rings is 3. The fourth-order valence-electron chi connectivity index (χ4n) is 7.56. The number of guanidine groups is 1. The summed E-state index contributed by atoms with van der Waals surface area (Å²) in [5.74, 6) is 0.615. The van der Waals surface area contributed by atoms with Crippen molar-refractivity contribution >= 4 is 24.6 Å². The van der Waals surface area contributed by atoms with Gasteiger partial charge in [0.2, 0.25) is 6.21 Å². The van der Waals surface area contributed by atoms with Crippen molar-refractivity contribution in [3.8, 4) is 17.2 Å². The maximum Gasteiger partial charge on any atom is 0.291 e. The Morgan fingerprint density at radius 1 is 0.475 bits per heavy atom. The molecule has 9 heteroatoms. The number of hydrazone groups is 2. The largest absolute Gasteiger partial charge is 0.507 e. The van der Waals surface area contributed by atoms with E-state index in [2.05, 4.69) is 52.0 Å². The molecule has 0 saturated carbocycles. The summed E-state index contributed by atoms with van der Waals surface area (Å²) >= 11 is 0. The number of phenols is 3. The van der Waals surface area contributed by atoms with Crippen molar-refractivity contribution in [2.45, 2.75) is 194 Å². The van der Waals surface area contributed by atoms with Gasteiger partial charge in [0, 0.05) is 11.1 Å². The average Bonchev–Trinajstić information content (AvgIpc) is 3.26. The molecule has 0 aliphatic rings. The molecule has 0 spiro atoms. The number of unbranched alkanes of at least 4 members (excludes halogenated alkanes) is 21. The highest BCUT2D eigenvalue weighted by atomic mass is 16.3. The molecule has 0 aromatic heterocycles. The number of aromatic hydroxyl groups is 3. The first kappa shape index (κ1) is 50.7. The summed E-state index contributed by atoms with van der Waals surface area (Å²) in [6.45, 7) is 6.75. The van der Waals surface area contributed by atoms with Crippen LogP contribution in [0, 0.1) is 0 Å². The van der Waals surface area contributed by atoms with E-state index in [1.807, 2.05) is 36.4 Å². The lowest BCUT2D eigenvalue weighted by Crippen LogP contribution is -2.83. The van der Waals surface area contributed by atoms with Gasteiger partial charge in [-0.05, 0) is 91.6 Å². The first-order chi connectivity index (χ1) is 29.9. The minimum atomic E-state index is 0.134. The highest BCUT2D eigenvalue weighted by Crippen LogP contribution is 2.21. The van der Waals surface area contributed by atoms with Crippen molar-refractivity contribution in [2.24, 2.45) is 15.3 Å². The number of aryl methyl sites for hydroxylation is 3. The van der Waals surface area contributed by atoms with Crippen LogP contribution in [0.5, 0.6) is 17.2 Å². The molecule has 0 fully saturated rings. The Labute approximate surface area is 369 Å². The smallest absolute Gasteiger partial charge is 0.291 e. The summed E-state index contributed by atoms with van der Waals surface area (Å²) in [4.78, 5) is 0. The van der Waals surface area contributed by atoms with Crippen LogP contribution in [0.15, 0.2) is 69.9 Å². The van der Waals surface area contributed by atoms with E-state index in [0.717, 1.165) is 49.7 Å². The zero-order chi connectivity index (χ0) is 43.6. The van der Waals surface area contributed by atoms with Crippen molar-refractivity contribution in [1.82, 2.24) is 10.9 Å². The molecule has 0 amide bonds. The Kier molecular flexibility index (Phi) is 27.4. The molecule has 3 aromatic carbocycles. The van der Waals surface area contributed by atoms with Crippen LogP contribution < -0.4 is 16.0 Å². The van der Waals surface area contributed by atoms with E-state index in [0.29, 0.717) is 16.7 Å². The highest BCUT2D eigenvalue weighted by molar-refractivity contribution is 5.87. The standard InChI is InChI=1S/C52H80N6O3/c1-4-7-10-13-16-19-22-25-28-43-31-34-49(59)46(37-43)40-53-56-52(57-54-41-47-38-44(32-35-50(47)60)29-26-23-20-17-14-11-8-5-2)58-55-42-48-39-45(33-36-51(48)61)30-27-24-21-18-15-12-9-6-3/h31-42,59-61H,4-30H2,1-3H3,(H2,56,57,58)/p+1/b53-40-,54-41-,55-42-. The van der Waals surface area contributed by atoms with Gasteiger partial charge >= 0.3 is 0 Å². The lowest BCUT2D eigenvalue weighted by Gasteiger charge is -2.06. The molecule has 61 heavy (non-hydrogen) atoms. The third kappa shape index (κ3) is 23.2. The number of hydrogen-bond acceptors (Lipinski definition) is 6. The van der Waals surface area contributed by atoms with Crippen LogP contribution in [0.4, 0.5) is 0 Å². The molecule has 0 saturated heterocycles. The summed E-state index contributed by atoms with van der Waals surface area (Å²) in [7, 11) is 0. The quantitative estimate of drug-likeness (QED) is 0.0157. The van der Waals surface area contributed by atoms with E-state index >= 15 is 0 Å². The van der Waals surface area contributed by atoms with Crippen molar-refractivity contribution in [1.29, 1.82) is 0 Å². The second-order valence-electron chi connectivity index (χ2n) is 16.8. The van der Waals surface area contributed by atoms with E-state index in [9.17, 15) is 15.3 Å². The number of nitrogens with one attached hydrogen (secondary N) is 3. The number of phenolic OH excluding ortho intramolecular Hbond substituents is 3. The predicted molar refractivity (Wildman–Crippen MR) is 258 cm³/mol. The molecule has 336 valence electrons. The van der Waals surface area contributed by atoms with E-state index in [1.54, 1.807) is 30.6 Å². The van der Waals surface area contributed by atoms with Gasteiger partial charge in [-0.1, -0.05) is 174 Å². The van der Waals surface area contributed by atoms with E-state index in [-0.39, 0.29) is 23.2 Å². The van der Waals surface area contributed by atoms with Crippen LogP contribution in [0.25, 0.3) is 0 Å². The molecule has 0 bridgehead atoms. The van der Waals surface area contributed by atoms with Gasteiger partial charge in [-0.25, -0.2) is 5.43 Å². The molecule has 0 aliphatic heterocycles. The van der Waals surface area contributed by atoms with Gasteiger partial charge in [-0.3, -0.25) is 0 Å². The van der Waals surface area contributed by atoms with Crippen molar-refractivity contribution in [3.05, 3.63) is 88.0 Å². The lowest BCUT2D eigenvalue weighted by molar-refractivity contribution is -0.500. The highest BCUT2D eigenvalue weighted by Gasteiger charge is 2.07. The second-order valence-corrected chi connectivity index (χ2v) is 16.8. The maximum absolute atomic E-state index is 10.6. The molecular weight excluding hydrogens is 757 g/mol. The minimum absolute atomic E-state index is 0.134. The predicted octanol–water partition coefficient (Wildman–Crippen LogP) is 11.9. The summed E-state index contributed by atoms with van der Waals surface area (Å²) in [5, 5.41) is 48.0. The normalized spacial score (nSPS) is 12.1. The van der Waals surface area contributed by atoms with Gasteiger partial charge in [-0.15, -0.1) is 15.6 Å². The molecule has 0 aliphatic carbocycles. The van der Waals surface area contributed by atoms with Crippen LogP contribution in [-0.4, -0.2) is 39.9 Å².